The minimum Gasteiger partial charge on any atom is -0.330 e. The van der Waals surface area contributed by atoms with Crippen LogP contribution < -0.4 is 0 Å². The summed E-state index contributed by atoms with van der Waals surface area (Å²) >= 11 is 3.31. The molecule has 0 bridgehead atoms. The van der Waals surface area contributed by atoms with E-state index in [1.807, 2.05) is 11.6 Å². The number of fused-ring (bicyclic) bond motifs is 1. The van der Waals surface area contributed by atoms with Gasteiger partial charge in [0.15, 0.2) is 5.65 Å². The summed E-state index contributed by atoms with van der Waals surface area (Å²) < 4.78 is 2.65. The molecule has 0 saturated carbocycles. The van der Waals surface area contributed by atoms with Crippen LogP contribution in [0.25, 0.3) is 11.2 Å². The van der Waals surface area contributed by atoms with E-state index in [9.17, 15) is 0 Å². The average molecular weight is 215 g/mol. The first-order valence-electron chi connectivity index (χ1n) is 3.06. The molecule has 56 valence electrons. The zero-order chi connectivity index (χ0) is 7.84. The minimum atomic E-state index is 0.717. The van der Waals surface area contributed by atoms with Gasteiger partial charge in [-0.2, -0.15) is 0 Å². The molecular weight excluding hydrogens is 210 g/mol. The van der Waals surface area contributed by atoms with Crippen LogP contribution in [0.5, 0.6) is 0 Å². The second-order valence-electron chi connectivity index (χ2n) is 2.19. The van der Waals surface area contributed by atoms with E-state index in [1.54, 1.807) is 6.33 Å². The number of nitrogens with zero attached hydrogens (tertiary/aromatic N) is 4. The van der Waals surface area contributed by atoms with E-state index < -0.39 is 0 Å². The smallest absolute Gasteiger partial charge is 0.181 e. The highest BCUT2D eigenvalue weighted by Gasteiger charge is 2.04. The summed E-state index contributed by atoms with van der Waals surface area (Å²) in [5, 5.41) is 0. The van der Waals surface area contributed by atoms with Crippen LogP contribution in [0.3, 0.4) is 0 Å². The van der Waals surface area contributed by atoms with Crippen LogP contribution in [0.1, 0.15) is 0 Å². The fraction of sp³-hybridized carbons (Fsp3) is 0.167. The Bertz CT molecular complexity index is 394. The Kier molecular flexibility index (Phi) is 1.38. The van der Waals surface area contributed by atoms with Crippen molar-refractivity contribution in [2.75, 3.05) is 0 Å². The van der Waals surface area contributed by atoms with Gasteiger partial charge in [0.2, 0.25) is 0 Å². The van der Waals surface area contributed by atoms with Crippen LogP contribution in [-0.4, -0.2) is 19.5 Å². The molecule has 5 heteroatoms. The number of aryl methyl sites for hydroxylation is 1. The predicted molar refractivity (Wildman–Crippen MR) is 44.0 cm³/mol. The highest BCUT2D eigenvalue weighted by molar-refractivity contribution is 9.10. The predicted octanol–water partition coefficient (Wildman–Crippen LogP) is 1.13. The molecule has 0 fully saturated rings. The third kappa shape index (κ3) is 0.920. The fourth-order valence-electron chi connectivity index (χ4n) is 0.946. The lowest BCUT2D eigenvalue weighted by atomic mass is 10.6. The number of hydrogen-bond donors (Lipinski definition) is 0. The molecule has 0 aliphatic rings. The van der Waals surface area contributed by atoms with Gasteiger partial charge in [-0.25, -0.2) is 15.0 Å². The van der Waals surface area contributed by atoms with Gasteiger partial charge in [-0.3, -0.25) is 0 Å². The lowest BCUT2D eigenvalue weighted by Crippen LogP contribution is -1.88. The summed E-state index contributed by atoms with van der Waals surface area (Å²) in [6.07, 6.45) is 3.20. The van der Waals surface area contributed by atoms with Gasteiger partial charge < -0.3 is 4.57 Å². The minimum absolute atomic E-state index is 0.717. The summed E-state index contributed by atoms with van der Waals surface area (Å²) in [6, 6.07) is 0. The SMILES string of the molecule is [14CH3]n1cnc2ncnc(Br)c21. The van der Waals surface area contributed by atoms with E-state index in [4.69, 9.17) is 0 Å². The van der Waals surface area contributed by atoms with Crippen molar-refractivity contribution in [2.45, 2.75) is 0 Å². The first-order valence-corrected chi connectivity index (χ1v) is 3.86. The molecule has 2 aromatic heterocycles. The van der Waals surface area contributed by atoms with Gasteiger partial charge in [-0.15, -0.1) is 0 Å². The van der Waals surface area contributed by atoms with E-state index in [1.165, 1.54) is 6.33 Å². The fourth-order valence-corrected chi connectivity index (χ4v) is 1.49. The quantitative estimate of drug-likeness (QED) is 0.618. The molecule has 0 atom stereocenters. The summed E-state index contributed by atoms with van der Waals surface area (Å²) in [4.78, 5) is 12.0. The molecule has 0 amide bonds. The molecular formula is C6H5BrN4. The highest BCUT2D eigenvalue weighted by Crippen LogP contribution is 2.16. The lowest BCUT2D eigenvalue weighted by molar-refractivity contribution is 0.941. The first kappa shape index (κ1) is 6.72. The van der Waals surface area contributed by atoms with E-state index in [-0.39, 0.29) is 0 Å². The maximum atomic E-state index is 4.06. The van der Waals surface area contributed by atoms with Crippen molar-refractivity contribution in [2.24, 2.45) is 7.05 Å². The van der Waals surface area contributed by atoms with Gasteiger partial charge >= 0.3 is 0 Å². The maximum absolute atomic E-state index is 4.06. The van der Waals surface area contributed by atoms with Crippen molar-refractivity contribution >= 4 is 27.1 Å². The monoisotopic (exact) mass is 214 g/mol. The van der Waals surface area contributed by atoms with Gasteiger partial charge in [0.05, 0.1) is 6.33 Å². The Hall–Kier alpha value is -0.970. The number of hydrogen-bond acceptors (Lipinski definition) is 3. The van der Waals surface area contributed by atoms with Gasteiger partial charge in [-0.05, 0) is 15.9 Å². The summed E-state index contributed by atoms with van der Waals surface area (Å²) in [5.74, 6) is 0. The second-order valence-corrected chi connectivity index (χ2v) is 2.94. The summed E-state index contributed by atoms with van der Waals surface area (Å²) in [6.45, 7) is 0. The number of halogens is 1. The average Bonchev–Trinajstić information content (AvgIpc) is 2.34. The molecule has 2 rings (SSSR count). The largest absolute Gasteiger partial charge is 0.330 e. The van der Waals surface area contributed by atoms with Crippen molar-refractivity contribution in [1.29, 1.82) is 0 Å². The van der Waals surface area contributed by atoms with Crippen molar-refractivity contribution < 1.29 is 0 Å². The van der Waals surface area contributed by atoms with Crippen LogP contribution >= 0.6 is 15.9 Å². The molecule has 11 heavy (non-hydrogen) atoms. The van der Waals surface area contributed by atoms with Crippen molar-refractivity contribution in [1.82, 2.24) is 19.5 Å². The molecule has 2 heterocycles. The van der Waals surface area contributed by atoms with Crippen molar-refractivity contribution in [3.8, 4) is 0 Å². The Morgan fingerprint density at radius 1 is 1.36 bits per heavy atom. The first-order chi connectivity index (χ1) is 5.29. The topological polar surface area (TPSA) is 43.6 Å². The van der Waals surface area contributed by atoms with Crippen LogP contribution in [0.2, 0.25) is 0 Å². The molecule has 2 aromatic rings. The molecule has 0 unspecified atom stereocenters. The van der Waals surface area contributed by atoms with Crippen LogP contribution in [0.15, 0.2) is 17.3 Å². The molecule has 4 nitrogen and oxygen atoms in total. The van der Waals surface area contributed by atoms with Gasteiger partial charge in [0, 0.05) is 7.05 Å². The number of imidazole rings is 1. The van der Waals surface area contributed by atoms with Gasteiger partial charge in [0.1, 0.15) is 16.4 Å². The van der Waals surface area contributed by atoms with Crippen LogP contribution in [-0.2, 0) is 7.05 Å². The molecule has 0 radical (unpaired) electrons. The third-order valence-electron chi connectivity index (χ3n) is 1.46. The van der Waals surface area contributed by atoms with Crippen molar-refractivity contribution in [3.63, 3.8) is 0 Å². The third-order valence-corrected chi connectivity index (χ3v) is 2.04. The Labute approximate surface area is 71.4 Å². The van der Waals surface area contributed by atoms with E-state index in [2.05, 4.69) is 30.9 Å². The summed E-state index contributed by atoms with van der Waals surface area (Å²) in [5.41, 5.74) is 1.64. The van der Waals surface area contributed by atoms with Gasteiger partial charge in [0.25, 0.3) is 0 Å². The standard InChI is InChI=1S/C6H5BrN4/c1-11-3-10-6-4(11)5(7)8-2-9-6/h2-3H,1H3/i1+2. The van der Waals surface area contributed by atoms with Crippen LogP contribution in [0.4, 0.5) is 0 Å². The molecule has 0 spiro atoms. The van der Waals surface area contributed by atoms with Crippen LogP contribution in [0, 0.1) is 0 Å². The van der Waals surface area contributed by atoms with E-state index in [0.717, 1.165) is 15.8 Å². The highest BCUT2D eigenvalue weighted by atomic mass is 79.9. The molecule has 0 aliphatic carbocycles. The molecule has 0 N–H and O–H groups in total. The lowest BCUT2D eigenvalue weighted by Gasteiger charge is -1.93. The molecule has 0 saturated heterocycles. The Morgan fingerprint density at radius 2 is 2.18 bits per heavy atom. The normalized spacial score (nSPS) is 10.7. The Balaban J connectivity index is 2.96. The Morgan fingerprint density at radius 3 is 2.91 bits per heavy atom. The second kappa shape index (κ2) is 2.27. The molecule has 0 aliphatic heterocycles. The number of rotatable bonds is 0. The van der Waals surface area contributed by atoms with Crippen molar-refractivity contribution in [3.05, 3.63) is 17.3 Å². The van der Waals surface area contributed by atoms with E-state index in [0.29, 0.717) is 0 Å². The summed E-state index contributed by atoms with van der Waals surface area (Å²) in [7, 11) is 1.91. The number of aromatic nitrogens is 4. The van der Waals surface area contributed by atoms with Gasteiger partial charge in [-0.1, -0.05) is 0 Å². The maximum Gasteiger partial charge on any atom is 0.181 e. The zero-order valence-corrected chi connectivity index (χ0v) is 7.41. The zero-order valence-electron chi connectivity index (χ0n) is 5.82. The molecule has 0 aromatic carbocycles. The van der Waals surface area contributed by atoms with E-state index >= 15 is 0 Å².